The normalized spacial score (nSPS) is 13.9. The van der Waals surface area contributed by atoms with Crippen LogP contribution in [0.3, 0.4) is 0 Å². The van der Waals surface area contributed by atoms with Crippen molar-refractivity contribution in [2.24, 2.45) is 0 Å². The molecule has 0 saturated carbocycles. The Morgan fingerprint density at radius 3 is 3.00 bits per heavy atom. The van der Waals surface area contributed by atoms with Crippen molar-refractivity contribution < 1.29 is 14.6 Å². The molecule has 1 atom stereocenters. The summed E-state index contributed by atoms with van der Waals surface area (Å²) in [6, 6.07) is 9.24. The molecule has 0 unspecified atom stereocenters. The number of nitrogens with zero attached hydrogens (tertiary/aromatic N) is 1. The van der Waals surface area contributed by atoms with E-state index in [0.717, 1.165) is 22.4 Å². The molecule has 0 spiro atoms. The Kier molecular flexibility index (Phi) is 2.71. The average molecular weight is 254 g/mol. The minimum absolute atomic E-state index is 0.621. The van der Waals surface area contributed by atoms with Gasteiger partial charge in [0.25, 0.3) is 0 Å². The van der Waals surface area contributed by atoms with Gasteiger partial charge in [0.05, 0.1) is 0 Å². The van der Waals surface area contributed by atoms with Crippen LogP contribution in [-0.4, -0.2) is 11.0 Å². The molecule has 0 aliphatic carbocycles. The quantitative estimate of drug-likeness (QED) is 0.697. The highest BCUT2D eigenvalue weighted by molar-refractivity contribution is 5.73. The number of carbonyl (C=O) groups excluding carboxylic acids is 1. The lowest BCUT2D eigenvalue weighted by atomic mass is 9.95. The molecule has 0 amide bonds. The summed E-state index contributed by atoms with van der Waals surface area (Å²) in [6.07, 6.45) is 2.39. The van der Waals surface area contributed by atoms with Gasteiger partial charge in [0, 0.05) is 30.1 Å². The van der Waals surface area contributed by atoms with E-state index in [-0.39, 0.29) is 0 Å². The monoisotopic (exact) mass is 254 g/mol. The Morgan fingerprint density at radius 2 is 2.21 bits per heavy atom. The second-order valence-corrected chi connectivity index (χ2v) is 4.65. The standard InChI is InChI=1S/C15H13NO3/c1-9(15(17)18)10-4-5-13-12(7-10)8-11-3-2-6-16-14(11)19-13/h2-7,9H,8H2,1H3,(H,17,18)/p-1/t9-/m0/s1. The van der Waals surface area contributed by atoms with Crippen LogP contribution in [0, 0.1) is 0 Å². The second-order valence-electron chi connectivity index (χ2n) is 4.65. The highest BCUT2D eigenvalue weighted by Crippen LogP contribution is 2.36. The van der Waals surface area contributed by atoms with Crippen LogP contribution in [0.2, 0.25) is 0 Å². The van der Waals surface area contributed by atoms with E-state index in [4.69, 9.17) is 4.74 Å². The molecule has 3 rings (SSSR count). The first-order valence-electron chi connectivity index (χ1n) is 6.10. The molecule has 2 aromatic rings. The van der Waals surface area contributed by atoms with Gasteiger partial charge in [-0.2, -0.15) is 0 Å². The van der Waals surface area contributed by atoms with Gasteiger partial charge in [-0.05, 0) is 23.3 Å². The largest absolute Gasteiger partial charge is 0.550 e. The van der Waals surface area contributed by atoms with Crippen molar-refractivity contribution >= 4 is 5.97 Å². The van der Waals surface area contributed by atoms with Crippen molar-refractivity contribution in [1.82, 2.24) is 4.98 Å². The van der Waals surface area contributed by atoms with Gasteiger partial charge in [0.2, 0.25) is 5.88 Å². The third kappa shape index (κ3) is 2.05. The van der Waals surface area contributed by atoms with E-state index in [9.17, 15) is 9.90 Å². The van der Waals surface area contributed by atoms with E-state index in [2.05, 4.69) is 4.98 Å². The topological polar surface area (TPSA) is 62.2 Å². The first-order chi connectivity index (χ1) is 9.15. The van der Waals surface area contributed by atoms with Crippen LogP contribution in [0.4, 0.5) is 0 Å². The molecule has 0 fully saturated rings. The first kappa shape index (κ1) is 11.7. The molecule has 4 heteroatoms. The third-order valence-electron chi connectivity index (χ3n) is 3.38. The molecule has 19 heavy (non-hydrogen) atoms. The van der Waals surface area contributed by atoms with E-state index >= 15 is 0 Å². The number of benzene rings is 1. The Balaban J connectivity index is 1.98. The molecular weight excluding hydrogens is 242 g/mol. The highest BCUT2D eigenvalue weighted by atomic mass is 16.5. The van der Waals surface area contributed by atoms with Crippen molar-refractivity contribution in [1.29, 1.82) is 0 Å². The zero-order chi connectivity index (χ0) is 13.4. The van der Waals surface area contributed by atoms with Gasteiger partial charge in [0.1, 0.15) is 5.75 Å². The van der Waals surface area contributed by atoms with Crippen LogP contribution in [0.1, 0.15) is 29.5 Å². The molecule has 1 aromatic heterocycles. The maximum absolute atomic E-state index is 10.9. The minimum Gasteiger partial charge on any atom is -0.550 e. The fourth-order valence-electron chi connectivity index (χ4n) is 2.20. The number of hydrogen-bond donors (Lipinski definition) is 0. The Hall–Kier alpha value is -2.36. The number of pyridine rings is 1. The van der Waals surface area contributed by atoms with E-state index in [1.54, 1.807) is 25.3 Å². The van der Waals surface area contributed by atoms with Gasteiger partial charge < -0.3 is 14.6 Å². The number of hydrogen-bond acceptors (Lipinski definition) is 4. The lowest BCUT2D eigenvalue weighted by molar-refractivity contribution is -0.307. The summed E-state index contributed by atoms with van der Waals surface area (Å²) >= 11 is 0. The van der Waals surface area contributed by atoms with Gasteiger partial charge in [0.15, 0.2) is 0 Å². The first-order valence-corrected chi connectivity index (χ1v) is 6.10. The predicted octanol–water partition coefficient (Wildman–Crippen LogP) is 1.63. The van der Waals surface area contributed by atoms with Gasteiger partial charge >= 0.3 is 0 Å². The van der Waals surface area contributed by atoms with Gasteiger partial charge in [-0.3, -0.25) is 0 Å². The molecule has 0 bridgehead atoms. The molecule has 4 nitrogen and oxygen atoms in total. The van der Waals surface area contributed by atoms with Crippen LogP contribution in [0.15, 0.2) is 36.5 Å². The molecule has 1 aromatic carbocycles. The average Bonchev–Trinajstić information content (AvgIpc) is 2.43. The number of rotatable bonds is 2. The number of fused-ring (bicyclic) bond motifs is 2. The molecule has 1 aliphatic heterocycles. The number of carbonyl (C=O) groups is 1. The fraction of sp³-hybridized carbons (Fsp3) is 0.200. The van der Waals surface area contributed by atoms with E-state index < -0.39 is 11.9 Å². The molecule has 0 saturated heterocycles. The minimum atomic E-state index is -1.07. The van der Waals surface area contributed by atoms with Crippen molar-refractivity contribution in [2.75, 3.05) is 0 Å². The van der Waals surface area contributed by atoms with Gasteiger partial charge in [-0.15, -0.1) is 0 Å². The van der Waals surface area contributed by atoms with E-state index in [0.29, 0.717) is 12.3 Å². The predicted molar refractivity (Wildman–Crippen MR) is 67.0 cm³/mol. The maximum atomic E-state index is 10.9. The Bertz CT molecular complexity index is 652. The van der Waals surface area contributed by atoms with Crippen LogP contribution >= 0.6 is 0 Å². The summed E-state index contributed by atoms with van der Waals surface area (Å²) in [5.74, 6) is -0.337. The lowest BCUT2D eigenvalue weighted by Gasteiger charge is -2.21. The third-order valence-corrected chi connectivity index (χ3v) is 3.38. The van der Waals surface area contributed by atoms with Crippen molar-refractivity contribution in [3.63, 3.8) is 0 Å². The van der Waals surface area contributed by atoms with Crippen molar-refractivity contribution in [2.45, 2.75) is 19.3 Å². The smallest absolute Gasteiger partial charge is 0.222 e. The summed E-state index contributed by atoms with van der Waals surface area (Å²) in [4.78, 5) is 15.1. The summed E-state index contributed by atoms with van der Waals surface area (Å²) in [5.41, 5.74) is 2.72. The number of carboxylic acids is 1. The van der Waals surface area contributed by atoms with E-state index in [1.807, 2.05) is 18.2 Å². The maximum Gasteiger partial charge on any atom is 0.222 e. The number of aliphatic carboxylic acids is 1. The van der Waals surface area contributed by atoms with Gasteiger partial charge in [-0.25, -0.2) is 4.98 Å². The zero-order valence-electron chi connectivity index (χ0n) is 10.4. The molecule has 0 radical (unpaired) electrons. The summed E-state index contributed by atoms with van der Waals surface area (Å²) < 4.78 is 5.70. The van der Waals surface area contributed by atoms with Crippen LogP contribution in [0.5, 0.6) is 11.6 Å². The second kappa shape index (κ2) is 4.39. The van der Waals surface area contributed by atoms with Crippen LogP contribution in [-0.2, 0) is 11.2 Å². The summed E-state index contributed by atoms with van der Waals surface area (Å²) in [7, 11) is 0. The molecule has 2 heterocycles. The summed E-state index contributed by atoms with van der Waals surface area (Å²) in [5, 5.41) is 10.9. The number of ether oxygens (including phenoxy) is 1. The fourth-order valence-corrected chi connectivity index (χ4v) is 2.20. The molecule has 0 N–H and O–H groups in total. The Morgan fingerprint density at radius 1 is 1.37 bits per heavy atom. The SMILES string of the molecule is C[C@H](C(=O)[O-])c1ccc2c(c1)Cc1cccnc1O2. The van der Waals surface area contributed by atoms with Crippen molar-refractivity contribution in [3.05, 3.63) is 53.2 Å². The zero-order valence-corrected chi connectivity index (χ0v) is 10.4. The highest BCUT2D eigenvalue weighted by Gasteiger charge is 2.19. The number of carboxylic acid groups (broad SMARTS) is 1. The molecule has 96 valence electrons. The summed E-state index contributed by atoms with van der Waals surface area (Å²) in [6.45, 7) is 1.62. The van der Waals surface area contributed by atoms with Crippen LogP contribution in [0.25, 0.3) is 0 Å². The van der Waals surface area contributed by atoms with Gasteiger partial charge in [-0.1, -0.05) is 25.1 Å². The van der Waals surface area contributed by atoms with Crippen LogP contribution < -0.4 is 9.84 Å². The van der Waals surface area contributed by atoms with E-state index in [1.165, 1.54) is 0 Å². The van der Waals surface area contributed by atoms with Crippen molar-refractivity contribution in [3.8, 4) is 11.6 Å². The molecule has 1 aliphatic rings. The number of aromatic nitrogens is 1. The molecular formula is C15H12NO3-. The lowest BCUT2D eigenvalue weighted by Crippen LogP contribution is -2.28. The Labute approximate surface area is 110 Å².